The van der Waals surface area contributed by atoms with E-state index in [1.807, 2.05) is 13.0 Å². The second-order valence-corrected chi connectivity index (χ2v) is 2.86. The Labute approximate surface area is 76.8 Å². The van der Waals surface area contributed by atoms with Crippen LogP contribution in [0.4, 0.5) is 4.39 Å². The zero-order valence-electron chi connectivity index (χ0n) is 7.42. The molecule has 0 saturated heterocycles. The van der Waals surface area contributed by atoms with Crippen molar-refractivity contribution in [3.8, 4) is 6.07 Å². The van der Waals surface area contributed by atoms with E-state index in [2.05, 4.69) is 0 Å². The van der Waals surface area contributed by atoms with Gasteiger partial charge in [0.05, 0.1) is 11.6 Å². The number of nitriles is 1. The van der Waals surface area contributed by atoms with Crippen molar-refractivity contribution in [3.63, 3.8) is 0 Å². The largest absolute Gasteiger partial charge is 0.324 e. The van der Waals surface area contributed by atoms with Gasteiger partial charge in [0.15, 0.2) is 0 Å². The summed E-state index contributed by atoms with van der Waals surface area (Å²) in [5.41, 5.74) is 6.46. The molecule has 0 amide bonds. The van der Waals surface area contributed by atoms with Crippen molar-refractivity contribution in [2.24, 2.45) is 5.73 Å². The van der Waals surface area contributed by atoms with Gasteiger partial charge in [-0.1, -0.05) is 13.0 Å². The topological polar surface area (TPSA) is 49.8 Å². The Bertz CT molecular complexity index is 341. The first kappa shape index (κ1) is 9.69. The van der Waals surface area contributed by atoms with E-state index in [1.165, 1.54) is 6.07 Å². The molecule has 2 N–H and O–H groups in total. The van der Waals surface area contributed by atoms with E-state index in [4.69, 9.17) is 11.0 Å². The number of hydrogen-bond acceptors (Lipinski definition) is 2. The Kier molecular flexibility index (Phi) is 2.99. The van der Waals surface area contributed by atoms with E-state index < -0.39 is 5.82 Å². The summed E-state index contributed by atoms with van der Waals surface area (Å²) in [6.45, 7) is 1.89. The second-order valence-electron chi connectivity index (χ2n) is 2.86. The standard InChI is InChI=1S/C10H11FN2/c1-2-10(13)8-4-3-7(6-12)5-9(8)11/h3-5,10H,2,13H2,1H3/t10-/m1/s1. The molecular formula is C10H11FN2. The Morgan fingerprint density at radius 3 is 2.77 bits per heavy atom. The van der Waals surface area contributed by atoms with Crippen LogP contribution in [0.2, 0.25) is 0 Å². The summed E-state index contributed by atoms with van der Waals surface area (Å²) in [5.74, 6) is -0.395. The average molecular weight is 178 g/mol. The fourth-order valence-electron chi connectivity index (χ4n) is 1.12. The van der Waals surface area contributed by atoms with Crippen molar-refractivity contribution < 1.29 is 4.39 Å². The van der Waals surface area contributed by atoms with Gasteiger partial charge in [-0.15, -0.1) is 0 Å². The van der Waals surface area contributed by atoms with E-state index in [0.29, 0.717) is 17.5 Å². The lowest BCUT2D eigenvalue weighted by molar-refractivity contribution is 0.575. The zero-order valence-corrected chi connectivity index (χ0v) is 7.42. The van der Waals surface area contributed by atoms with Crippen molar-refractivity contribution in [1.82, 2.24) is 0 Å². The van der Waals surface area contributed by atoms with Crippen LogP contribution in [0.3, 0.4) is 0 Å². The maximum absolute atomic E-state index is 13.2. The van der Waals surface area contributed by atoms with Crippen LogP contribution >= 0.6 is 0 Å². The van der Waals surface area contributed by atoms with E-state index in [9.17, 15) is 4.39 Å². The van der Waals surface area contributed by atoms with Gasteiger partial charge in [0, 0.05) is 11.6 Å². The van der Waals surface area contributed by atoms with Crippen molar-refractivity contribution in [2.75, 3.05) is 0 Å². The number of nitrogens with two attached hydrogens (primary N) is 1. The average Bonchev–Trinajstić information content (AvgIpc) is 2.16. The number of benzene rings is 1. The molecule has 68 valence electrons. The summed E-state index contributed by atoms with van der Waals surface area (Å²) >= 11 is 0. The normalized spacial score (nSPS) is 12.2. The highest BCUT2D eigenvalue weighted by molar-refractivity contribution is 5.34. The van der Waals surface area contributed by atoms with E-state index in [-0.39, 0.29) is 6.04 Å². The summed E-state index contributed by atoms with van der Waals surface area (Å²) in [7, 11) is 0. The minimum atomic E-state index is -0.395. The number of halogens is 1. The highest BCUT2D eigenvalue weighted by Crippen LogP contribution is 2.18. The van der Waals surface area contributed by atoms with Crippen LogP contribution in [-0.2, 0) is 0 Å². The zero-order chi connectivity index (χ0) is 9.84. The van der Waals surface area contributed by atoms with Gasteiger partial charge in [-0.25, -0.2) is 4.39 Å². The van der Waals surface area contributed by atoms with Crippen LogP contribution in [0.5, 0.6) is 0 Å². The first-order valence-corrected chi connectivity index (χ1v) is 4.14. The molecule has 0 unspecified atom stereocenters. The Hall–Kier alpha value is -1.40. The molecule has 0 bridgehead atoms. The van der Waals surface area contributed by atoms with E-state index >= 15 is 0 Å². The van der Waals surface area contributed by atoms with E-state index in [0.717, 1.165) is 0 Å². The van der Waals surface area contributed by atoms with Crippen LogP contribution in [-0.4, -0.2) is 0 Å². The SMILES string of the molecule is CC[C@@H](N)c1ccc(C#N)cc1F. The van der Waals surface area contributed by atoms with Crippen LogP contribution in [0.25, 0.3) is 0 Å². The van der Waals surface area contributed by atoms with Crippen LogP contribution < -0.4 is 5.73 Å². The first-order chi connectivity index (χ1) is 6.19. The molecule has 1 rings (SSSR count). The van der Waals surface area contributed by atoms with Gasteiger partial charge in [-0.05, 0) is 18.6 Å². The third-order valence-corrected chi connectivity index (χ3v) is 1.97. The molecule has 0 heterocycles. The molecule has 0 fully saturated rings. The van der Waals surface area contributed by atoms with Gasteiger partial charge < -0.3 is 5.73 Å². The number of rotatable bonds is 2. The van der Waals surface area contributed by atoms with Gasteiger partial charge in [0.1, 0.15) is 5.82 Å². The van der Waals surface area contributed by atoms with Crippen LogP contribution in [0, 0.1) is 17.1 Å². The minimum absolute atomic E-state index is 0.284. The Morgan fingerprint density at radius 1 is 1.62 bits per heavy atom. The highest BCUT2D eigenvalue weighted by atomic mass is 19.1. The minimum Gasteiger partial charge on any atom is -0.324 e. The summed E-state index contributed by atoms with van der Waals surface area (Å²) in [6.07, 6.45) is 0.683. The molecule has 0 aliphatic rings. The molecule has 3 heteroatoms. The fraction of sp³-hybridized carbons (Fsp3) is 0.300. The van der Waals surface area contributed by atoms with Crippen LogP contribution in [0.1, 0.15) is 30.5 Å². The Morgan fingerprint density at radius 2 is 2.31 bits per heavy atom. The number of nitrogens with zero attached hydrogens (tertiary/aromatic N) is 1. The third kappa shape index (κ3) is 2.04. The predicted molar refractivity (Wildman–Crippen MR) is 48.3 cm³/mol. The molecule has 0 aliphatic heterocycles. The smallest absolute Gasteiger partial charge is 0.129 e. The quantitative estimate of drug-likeness (QED) is 0.754. The lowest BCUT2D eigenvalue weighted by atomic mass is 10.0. The molecule has 1 atom stereocenters. The Balaban J connectivity index is 3.07. The molecule has 2 nitrogen and oxygen atoms in total. The monoisotopic (exact) mass is 178 g/mol. The molecule has 1 aromatic carbocycles. The molecular weight excluding hydrogens is 167 g/mol. The lowest BCUT2D eigenvalue weighted by Gasteiger charge is -2.09. The van der Waals surface area contributed by atoms with Gasteiger partial charge in [-0.3, -0.25) is 0 Å². The van der Waals surface area contributed by atoms with Crippen molar-refractivity contribution >= 4 is 0 Å². The highest BCUT2D eigenvalue weighted by Gasteiger charge is 2.09. The van der Waals surface area contributed by atoms with Gasteiger partial charge in [0.2, 0.25) is 0 Å². The lowest BCUT2D eigenvalue weighted by Crippen LogP contribution is -2.10. The predicted octanol–water partition coefficient (Wildman–Crippen LogP) is 2.11. The van der Waals surface area contributed by atoms with Crippen molar-refractivity contribution in [3.05, 3.63) is 35.1 Å². The van der Waals surface area contributed by atoms with Gasteiger partial charge in [-0.2, -0.15) is 5.26 Å². The van der Waals surface area contributed by atoms with Gasteiger partial charge >= 0.3 is 0 Å². The second kappa shape index (κ2) is 4.01. The molecule has 0 aliphatic carbocycles. The molecule has 0 radical (unpaired) electrons. The van der Waals surface area contributed by atoms with Gasteiger partial charge in [0.25, 0.3) is 0 Å². The van der Waals surface area contributed by atoms with E-state index in [1.54, 1.807) is 12.1 Å². The maximum atomic E-state index is 13.2. The summed E-state index contributed by atoms with van der Waals surface area (Å²) in [5, 5.41) is 8.50. The maximum Gasteiger partial charge on any atom is 0.129 e. The fourth-order valence-corrected chi connectivity index (χ4v) is 1.12. The molecule has 0 aromatic heterocycles. The molecule has 1 aromatic rings. The first-order valence-electron chi connectivity index (χ1n) is 4.14. The molecule has 0 spiro atoms. The van der Waals surface area contributed by atoms with Crippen molar-refractivity contribution in [1.29, 1.82) is 5.26 Å². The number of hydrogen-bond donors (Lipinski definition) is 1. The molecule has 0 saturated carbocycles. The van der Waals surface area contributed by atoms with Crippen LogP contribution in [0.15, 0.2) is 18.2 Å². The summed E-state index contributed by atoms with van der Waals surface area (Å²) in [4.78, 5) is 0. The molecule has 13 heavy (non-hydrogen) atoms. The third-order valence-electron chi connectivity index (χ3n) is 1.97. The van der Waals surface area contributed by atoms with Crippen molar-refractivity contribution in [2.45, 2.75) is 19.4 Å². The summed E-state index contributed by atoms with van der Waals surface area (Å²) < 4.78 is 13.2. The summed E-state index contributed by atoms with van der Waals surface area (Å²) in [6, 6.07) is 5.95.